The van der Waals surface area contributed by atoms with E-state index in [2.05, 4.69) is 48.1 Å². The fourth-order valence-corrected chi connectivity index (χ4v) is 3.29. The summed E-state index contributed by atoms with van der Waals surface area (Å²) in [6.45, 7) is 6.36. The van der Waals surface area contributed by atoms with Crippen LogP contribution in [-0.4, -0.2) is 9.97 Å². The maximum Gasteiger partial charge on any atom is 0.258 e. The van der Waals surface area contributed by atoms with Crippen LogP contribution in [0, 0.1) is 6.92 Å². The van der Waals surface area contributed by atoms with E-state index in [0.717, 1.165) is 16.9 Å². The van der Waals surface area contributed by atoms with Crippen LogP contribution in [0.5, 0.6) is 0 Å². The molecule has 23 heavy (non-hydrogen) atoms. The highest BCUT2D eigenvalue weighted by molar-refractivity contribution is 7.98. The minimum absolute atomic E-state index is 0.0653. The number of nitrogens with zero attached hydrogens (tertiary/aromatic N) is 1. The SMILES string of the molecule is Cc1cccc2c(=O)[nH]c(CSc3ccc(C(C)C)cc3)nc12. The van der Waals surface area contributed by atoms with Crippen molar-refractivity contribution in [2.45, 2.75) is 37.3 Å². The Labute approximate surface area is 140 Å². The summed E-state index contributed by atoms with van der Waals surface area (Å²) < 4.78 is 0. The molecule has 118 valence electrons. The molecule has 0 amide bonds. The summed E-state index contributed by atoms with van der Waals surface area (Å²) in [7, 11) is 0. The van der Waals surface area contributed by atoms with Crippen molar-refractivity contribution in [1.82, 2.24) is 9.97 Å². The van der Waals surface area contributed by atoms with Gasteiger partial charge in [-0.25, -0.2) is 4.98 Å². The molecule has 3 nitrogen and oxygen atoms in total. The molecule has 1 aromatic heterocycles. The first-order chi connectivity index (χ1) is 11.0. The topological polar surface area (TPSA) is 45.8 Å². The first kappa shape index (κ1) is 15.8. The number of benzene rings is 2. The van der Waals surface area contributed by atoms with Crippen LogP contribution in [0.4, 0.5) is 0 Å². The average Bonchev–Trinajstić information content (AvgIpc) is 2.54. The quantitative estimate of drug-likeness (QED) is 0.711. The number of nitrogens with one attached hydrogen (secondary N) is 1. The first-order valence-corrected chi connectivity index (χ1v) is 8.74. The predicted molar refractivity (Wildman–Crippen MR) is 97.2 cm³/mol. The van der Waals surface area contributed by atoms with Crippen LogP contribution in [0.1, 0.15) is 36.7 Å². The van der Waals surface area contributed by atoms with Gasteiger partial charge >= 0.3 is 0 Å². The van der Waals surface area contributed by atoms with E-state index in [1.54, 1.807) is 11.8 Å². The van der Waals surface area contributed by atoms with E-state index in [0.29, 0.717) is 17.1 Å². The Kier molecular flexibility index (Phi) is 4.53. The average molecular weight is 324 g/mol. The summed E-state index contributed by atoms with van der Waals surface area (Å²) in [5, 5.41) is 0.653. The molecular weight excluding hydrogens is 304 g/mol. The van der Waals surface area contributed by atoms with Crippen molar-refractivity contribution >= 4 is 22.7 Å². The molecule has 3 aromatic rings. The summed E-state index contributed by atoms with van der Waals surface area (Å²) in [6.07, 6.45) is 0. The second-order valence-electron chi connectivity index (χ2n) is 6.00. The molecule has 0 saturated carbocycles. The molecule has 4 heteroatoms. The molecule has 3 rings (SSSR count). The number of hydrogen-bond acceptors (Lipinski definition) is 3. The van der Waals surface area contributed by atoms with E-state index in [1.165, 1.54) is 10.5 Å². The van der Waals surface area contributed by atoms with Crippen molar-refractivity contribution in [2.75, 3.05) is 0 Å². The third kappa shape index (κ3) is 3.48. The maximum absolute atomic E-state index is 12.2. The molecule has 0 aliphatic heterocycles. The summed E-state index contributed by atoms with van der Waals surface area (Å²) in [5.74, 6) is 1.91. The van der Waals surface area contributed by atoms with E-state index in [9.17, 15) is 4.79 Å². The smallest absolute Gasteiger partial charge is 0.258 e. The van der Waals surface area contributed by atoms with Crippen LogP contribution in [-0.2, 0) is 5.75 Å². The van der Waals surface area contributed by atoms with E-state index in [1.807, 2.05) is 25.1 Å². The standard InChI is InChI=1S/C19H20N2OS/c1-12(2)14-7-9-15(10-8-14)23-11-17-20-18-13(3)5-4-6-16(18)19(22)21-17/h4-10,12H,11H2,1-3H3,(H,20,21,22). The number of rotatable bonds is 4. The van der Waals surface area contributed by atoms with Gasteiger partial charge in [0.1, 0.15) is 5.82 Å². The highest BCUT2D eigenvalue weighted by Crippen LogP contribution is 2.24. The number of fused-ring (bicyclic) bond motifs is 1. The Morgan fingerprint density at radius 3 is 2.57 bits per heavy atom. The van der Waals surface area contributed by atoms with E-state index < -0.39 is 0 Å². The van der Waals surface area contributed by atoms with Gasteiger partial charge in [0.15, 0.2) is 0 Å². The predicted octanol–water partition coefficient (Wildman–Crippen LogP) is 4.65. The van der Waals surface area contributed by atoms with Crippen LogP contribution >= 0.6 is 11.8 Å². The van der Waals surface area contributed by atoms with Crippen LogP contribution < -0.4 is 5.56 Å². The van der Waals surface area contributed by atoms with Crippen molar-refractivity contribution in [3.63, 3.8) is 0 Å². The van der Waals surface area contributed by atoms with Gasteiger partial charge in [0.2, 0.25) is 0 Å². The number of aryl methyl sites for hydroxylation is 1. The second kappa shape index (κ2) is 6.59. The van der Waals surface area contributed by atoms with Gasteiger partial charge in [-0.15, -0.1) is 11.8 Å². The Morgan fingerprint density at radius 2 is 1.87 bits per heavy atom. The highest BCUT2D eigenvalue weighted by atomic mass is 32.2. The molecule has 0 spiro atoms. The Hall–Kier alpha value is -2.07. The fourth-order valence-electron chi connectivity index (χ4n) is 2.52. The van der Waals surface area contributed by atoms with Gasteiger partial charge in [-0.1, -0.05) is 38.1 Å². The third-order valence-corrected chi connectivity index (χ3v) is 4.93. The zero-order chi connectivity index (χ0) is 16.4. The van der Waals surface area contributed by atoms with E-state index in [4.69, 9.17) is 0 Å². The van der Waals surface area contributed by atoms with Gasteiger partial charge < -0.3 is 4.98 Å². The van der Waals surface area contributed by atoms with E-state index >= 15 is 0 Å². The number of aromatic nitrogens is 2. The summed E-state index contributed by atoms with van der Waals surface area (Å²) in [6, 6.07) is 14.3. The molecular formula is C19H20N2OS. The van der Waals surface area contributed by atoms with Gasteiger partial charge in [0, 0.05) is 4.90 Å². The summed E-state index contributed by atoms with van der Waals surface area (Å²) in [4.78, 5) is 20.9. The van der Waals surface area contributed by atoms with Gasteiger partial charge in [-0.3, -0.25) is 4.79 Å². The maximum atomic E-state index is 12.2. The molecule has 0 bridgehead atoms. The third-order valence-electron chi connectivity index (χ3n) is 3.91. The number of hydrogen-bond donors (Lipinski definition) is 1. The molecule has 2 aromatic carbocycles. The fraction of sp³-hybridized carbons (Fsp3) is 0.263. The van der Waals surface area contributed by atoms with Gasteiger partial charge in [0.25, 0.3) is 5.56 Å². The van der Waals surface area contributed by atoms with Gasteiger partial charge in [-0.2, -0.15) is 0 Å². The first-order valence-electron chi connectivity index (χ1n) is 7.76. The molecule has 0 radical (unpaired) electrons. The number of H-pyrrole nitrogens is 1. The van der Waals surface area contributed by atoms with Crippen molar-refractivity contribution in [1.29, 1.82) is 0 Å². The lowest BCUT2D eigenvalue weighted by Crippen LogP contribution is -2.11. The Morgan fingerprint density at radius 1 is 1.13 bits per heavy atom. The lowest BCUT2D eigenvalue weighted by molar-refractivity contribution is 0.865. The second-order valence-corrected chi connectivity index (χ2v) is 7.04. The molecule has 0 aliphatic carbocycles. The summed E-state index contributed by atoms with van der Waals surface area (Å²) >= 11 is 1.68. The number of aromatic amines is 1. The van der Waals surface area contributed by atoms with Crippen molar-refractivity contribution in [3.05, 3.63) is 69.8 Å². The largest absolute Gasteiger partial charge is 0.309 e. The van der Waals surface area contributed by atoms with Crippen molar-refractivity contribution in [3.8, 4) is 0 Å². The van der Waals surface area contributed by atoms with E-state index in [-0.39, 0.29) is 5.56 Å². The number of thioether (sulfide) groups is 1. The Balaban J connectivity index is 1.82. The lowest BCUT2D eigenvalue weighted by atomic mass is 10.0. The Bertz CT molecular complexity index is 882. The minimum atomic E-state index is -0.0653. The summed E-state index contributed by atoms with van der Waals surface area (Å²) in [5.41, 5.74) is 3.09. The zero-order valence-corrected chi connectivity index (χ0v) is 14.4. The van der Waals surface area contributed by atoms with Crippen molar-refractivity contribution in [2.24, 2.45) is 0 Å². The molecule has 0 atom stereocenters. The minimum Gasteiger partial charge on any atom is -0.309 e. The zero-order valence-electron chi connectivity index (χ0n) is 13.6. The molecule has 0 aliphatic rings. The normalized spacial score (nSPS) is 11.3. The van der Waals surface area contributed by atoms with Crippen LogP contribution in [0.25, 0.3) is 10.9 Å². The van der Waals surface area contributed by atoms with Gasteiger partial charge in [-0.05, 0) is 42.2 Å². The van der Waals surface area contributed by atoms with Crippen LogP contribution in [0.3, 0.4) is 0 Å². The number of para-hydroxylation sites is 1. The van der Waals surface area contributed by atoms with Gasteiger partial charge in [0.05, 0.1) is 16.7 Å². The molecule has 0 unspecified atom stereocenters. The lowest BCUT2D eigenvalue weighted by Gasteiger charge is -2.07. The molecule has 1 N–H and O–H groups in total. The van der Waals surface area contributed by atoms with Crippen LogP contribution in [0.15, 0.2) is 52.2 Å². The molecule has 0 fully saturated rings. The van der Waals surface area contributed by atoms with Crippen molar-refractivity contribution < 1.29 is 0 Å². The molecule has 1 heterocycles. The highest BCUT2D eigenvalue weighted by Gasteiger charge is 2.06. The van der Waals surface area contributed by atoms with Crippen LogP contribution in [0.2, 0.25) is 0 Å². The molecule has 0 saturated heterocycles. The monoisotopic (exact) mass is 324 g/mol.